The van der Waals surface area contributed by atoms with Crippen LogP contribution in [0.2, 0.25) is 0 Å². The van der Waals surface area contributed by atoms with Crippen LogP contribution in [0, 0.1) is 5.41 Å². The Hall–Kier alpha value is -2.12. The van der Waals surface area contributed by atoms with Gasteiger partial charge in [0.05, 0.1) is 32.8 Å². The maximum Gasteiger partial charge on any atom is 0.410 e. The molecule has 23 heavy (non-hydrogen) atoms. The van der Waals surface area contributed by atoms with E-state index in [0.29, 0.717) is 0 Å². The summed E-state index contributed by atoms with van der Waals surface area (Å²) in [5, 5.41) is 0. The number of ketones is 1. The highest BCUT2D eigenvalue weighted by Gasteiger charge is 2.52. The summed E-state index contributed by atoms with van der Waals surface area (Å²) in [5.74, 6) is -1.93. The zero-order valence-electron chi connectivity index (χ0n) is 13.8. The molecule has 1 saturated heterocycles. The lowest BCUT2D eigenvalue weighted by Crippen LogP contribution is -2.55. The quantitative estimate of drug-likeness (QED) is 0.406. The van der Waals surface area contributed by atoms with Crippen LogP contribution in [0.3, 0.4) is 0 Å². The van der Waals surface area contributed by atoms with Crippen LogP contribution in [0.15, 0.2) is 0 Å². The first-order chi connectivity index (χ1) is 10.9. The van der Waals surface area contributed by atoms with Crippen molar-refractivity contribution in [3.05, 3.63) is 0 Å². The Morgan fingerprint density at radius 2 is 1.65 bits per heavy atom. The van der Waals surface area contributed by atoms with Crippen molar-refractivity contribution in [3.63, 3.8) is 0 Å². The van der Waals surface area contributed by atoms with Crippen LogP contribution in [-0.4, -0.2) is 61.6 Å². The molecule has 1 unspecified atom stereocenters. The van der Waals surface area contributed by atoms with Gasteiger partial charge in [-0.1, -0.05) is 0 Å². The number of esters is 2. The van der Waals surface area contributed by atoms with Gasteiger partial charge in [0.25, 0.3) is 0 Å². The van der Waals surface area contributed by atoms with Gasteiger partial charge in [0.1, 0.15) is 5.41 Å². The lowest BCUT2D eigenvalue weighted by atomic mass is 9.74. The molecular formula is C15H23NO7. The molecule has 0 bridgehead atoms. The fourth-order valence-corrected chi connectivity index (χ4v) is 2.44. The molecule has 1 aliphatic heterocycles. The van der Waals surface area contributed by atoms with E-state index in [-0.39, 0.29) is 45.8 Å². The Balaban J connectivity index is 2.94. The fourth-order valence-electron chi connectivity index (χ4n) is 2.44. The van der Waals surface area contributed by atoms with Crippen LogP contribution in [0.5, 0.6) is 0 Å². The van der Waals surface area contributed by atoms with Gasteiger partial charge in [0, 0.05) is 6.54 Å². The second kappa shape index (κ2) is 8.50. The minimum atomic E-state index is -1.59. The molecule has 1 amide bonds. The van der Waals surface area contributed by atoms with Gasteiger partial charge in [-0.05, 0) is 27.2 Å². The summed E-state index contributed by atoms with van der Waals surface area (Å²) in [5.41, 5.74) is -1.59. The third-order valence-corrected chi connectivity index (χ3v) is 3.62. The summed E-state index contributed by atoms with van der Waals surface area (Å²) in [4.78, 5) is 49.6. The molecule has 1 rings (SSSR count). The Labute approximate surface area is 135 Å². The molecule has 130 valence electrons. The van der Waals surface area contributed by atoms with E-state index < -0.39 is 29.2 Å². The predicted octanol–water partition coefficient (Wildman–Crippen LogP) is 0.920. The van der Waals surface area contributed by atoms with Crippen molar-refractivity contribution in [1.29, 1.82) is 0 Å². The second-order valence-corrected chi connectivity index (χ2v) is 5.08. The van der Waals surface area contributed by atoms with E-state index in [1.165, 1.54) is 4.90 Å². The van der Waals surface area contributed by atoms with Crippen LogP contribution in [0.1, 0.15) is 33.6 Å². The van der Waals surface area contributed by atoms with Crippen LogP contribution in [0.25, 0.3) is 0 Å². The van der Waals surface area contributed by atoms with Crippen molar-refractivity contribution in [2.75, 3.05) is 32.9 Å². The number of carbonyl (C=O) groups excluding carboxylic acids is 4. The van der Waals surface area contributed by atoms with E-state index in [1.807, 2.05) is 0 Å². The molecular weight excluding hydrogens is 306 g/mol. The maximum absolute atomic E-state index is 12.5. The molecule has 0 aromatic rings. The number of Topliss-reactive ketones (excluding diaryl/α,β-unsaturated/α-hetero) is 1. The monoisotopic (exact) mass is 329 g/mol. The molecule has 0 saturated carbocycles. The molecule has 0 N–H and O–H groups in total. The molecule has 0 spiro atoms. The maximum atomic E-state index is 12.5. The zero-order valence-corrected chi connectivity index (χ0v) is 13.8. The zero-order chi connectivity index (χ0) is 17.5. The van der Waals surface area contributed by atoms with Gasteiger partial charge in [-0.2, -0.15) is 0 Å². The number of likely N-dealkylation sites (tertiary alicyclic amines) is 1. The first-order valence-electron chi connectivity index (χ1n) is 7.69. The highest BCUT2D eigenvalue weighted by atomic mass is 16.6. The Morgan fingerprint density at radius 3 is 2.17 bits per heavy atom. The average molecular weight is 329 g/mol. The van der Waals surface area contributed by atoms with Crippen LogP contribution in [-0.2, 0) is 28.6 Å². The summed E-state index contributed by atoms with van der Waals surface area (Å²) in [6, 6.07) is 0. The minimum absolute atomic E-state index is 0.00228. The molecule has 0 radical (unpaired) electrons. The van der Waals surface area contributed by atoms with Crippen molar-refractivity contribution in [1.82, 2.24) is 4.90 Å². The van der Waals surface area contributed by atoms with Gasteiger partial charge < -0.3 is 19.1 Å². The molecule has 8 nitrogen and oxygen atoms in total. The third-order valence-electron chi connectivity index (χ3n) is 3.62. The van der Waals surface area contributed by atoms with E-state index in [2.05, 4.69) is 0 Å². The largest absolute Gasteiger partial charge is 0.466 e. The Kier molecular flexibility index (Phi) is 6.99. The number of hydrogen-bond acceptors (Lipinski definition) is 7. The second-order valence-electron chi connectivity index (χ2n) is 5.08. The van der Waals surface area contributed by atoms with Crippen molar-refractivity contribution in [2.45, 2.75) is 33.6 Å². The first-order valence-corrected chi connectivity index (χ1v) is 7.69. The van der Waals surface area contributed by atoms with E-state index in [0.717, 1.165) is 0 Å². The van der Waals surface area contributed by atoms with Crippen LogP contribution >= 0.6 is 0 Å². The molecule has 0 aliphatic carbocycles. The number of nitrogens with zero attached hydrogens (tertiary/aromatic N) is 1. The Morgan fingerprint density at radius 1 is 1.04 bits per heavy atom. The number of carbonyl (C=O) groups is 4. The number of hydrogen-bond donors (Lipinski definition) is 0. The molecule has 8 heteroatoms. The highest BCUT2D eigenvalue weighted by Crippen LogP contribution is 2.34. The summed E-state index contributed by atoms with van der Waals surface area (Å²) in [6.07, 6.45) is -0.994. The summed E-state index contributed by atoms with van der Waals surface area (Å²) in [6.45, 7) is 5.19. The molecule has 1 heterocycles. The number of ether oxygens (including phenoxy) is 3. The van der Waals surface area contributed by atoms with E-state index in [4.69, 9.17) is 14.2 Å². The number of piperidine rings is 1. The first kappa shape index (κ1) is 18.9. The highest BCUT2D eigenvalue weighted by molar-refractivity contribution is 6.08. The average Bonchev–Trinajstić information content (AvgIpc) is 2.50. The molecule has 0 aromatic heterocycles. The molecule has 0 aromatic carbocycles. The lowest BCUT2D eigenvalue weighted by Gasteiger charge is -2.37. The van der Waals surface area contributed by atoms with Crippen molar-refractivity contribution >= 4 is 23.8 Å². The van der Waals surface area contributed by atoms with Gasteiger partial charge in [-0.3, -0.25) is 14.4 Å². The topological polar surface area (TPSA) is 99.2 Å². The summed E-state index contributed by atoms with van der Waals surface area (Å²) < 4.78 is 14.7. The van der Waals surface area contributed by atoms with Crippen LogP contribution < -0.4 is 0 Å². The van der Waals surface area contributed by atoms with Crippen molar-refractivity contribution in [2.24, 2.45) is 5.41 Å². The number of rotatable bonds is 6. The Bertz CT molecular complexity index is 476. The minimum Gasteiger partial charge on any atom is -0.466 e. The lowest BCUT2D eigenvalue weighted by molar-refractivity contribution is -0.169. The van der Waals surface area contributed by atoms with E-state index in [9.17, 15) is 19.2 Å². The molecule has 1 atom stereocenters. The van der Waals surface area contributed by atoms with Gasteiger partial charge in [-0.25, -0.2) is 4.79 Å². The smallest absolute Gasteiger partial charge is 0.410 e. The normalized spacial score (nSPS) is 20.8. The summed E-state index contributed by atoms with van der Waals surface area (Å²) in [7, 11) is 0. The number of amides is 1. The summed E-state index contributed by atoms with van der Waals surface area (Å²) >= 11 is 0. The van der Waals surface area contributed by atoms with Crippen molar-refractivity contribution in [3.8, 4) is 0 Å². The van der Waals surface area contributed by atoms with E-state index in [1.54, 1.807) is 20.8 Å². The molecule has 1 aliphatic rings. The van der Waals surface area contributed by atoms with Crippen LogP contribution in [0.4, 0.5) is 4.79 Å². The van der Waals surface area contributed by atoms with E-state index >= 15 is 0 Å². The van der Waals surface area contributed by atoms with Gasteiger partial charge >= 0.3 is 18.0 Å². The van der Waals surface area contributed by atoms with Gasteiger partial charge in [0.15, 0.2) is 5.78 Å². The predicted molar refractivity (Wildman–Crippen MR) is 78.5 cm³/mol. The van der Waals surface area contributed by atoms with Crippen molar-refractivity contribution < 1.29 is 33.4 Å². The standard InChI is InChI=1S/C15H23NO7/c1-4-21-12(18)9-15(13(19)22-5-2)7-8-16(10-11(15)17)14(20)23-6-3/h4-10H2,1-3H3. The third kappa shape index (κ3) is 4.43. The SMILES string of the molecule is CCOC(=O)CC1(C(=O)OCC)CCN(C(=O)OCC)CC1=O. The fraction of sp³-hybridized carbons (Fsp3) is 0.733. The van der Waals surface area contributed by atoms with Gasteiger partial charge in [-0.15, -0.1) is 0 Å². The molecule has 1 fully saturated rings. The van der Waals surface area contributed by atoms with Gasteiger partial charge in [0.2, 0.25) is 0 Å².